The zero-order valence-electron chi connectivity index (χ0n) is 7.17. The number of hydrogen-bond acceptors (Lipinski definition) is 6. The minimum Gasteiger partial charge on any atom is -0.468 e. The molecule has 1 heterocycles. The molecule has 1 saturated heterocycles. The van der Waals surface area contributed by atoms with Crippen molar-refractivity contribution in [1.29, 1.82) is 0 Å². The molecular formula is C7H13NO5. The lowest BCUT2D eigenvalue weighted by Crippen LogP contribution is -2.62. The maximum Gasteiger partial charge on any atom is 0.325 e. The molecule has 0 saturated carbocycles. The fourth-order valence-corrected chi connectivity index (χ4v) is 1.26. The smallest absolute Gasteiger partial charge is 0.325 e. The quantitative estimate of drug-likeness (QED) is 0.334. The van der Waals surface area contributed by atoms with E-state index >= 15 is 0 Å². The summed E-state index contributed by atoms with van der Waals surface area (Å²) in [7, 11) is 1.19. The third-order valence-corrected chi connectivity index (χ3v) is 2.09. The van der Waals surface area contributed by atoms with E-state index in [2.05, 4.69) is 10.1 Å². The van der Waals surface area contributed by atoms with Crippen LogP contribution in [0.2, 0.25) is 0 Å². The zero-order valence-corrected chi connectivity index (χ0v) is 7.17. The van der Waals surface area contributed by atoms with Crippen LogP contribution in [0.15, 0.2) is 0 Å². The van der Waals surface area contributed by atoms with Gasteiger partial charge in [0.15, 0.2) is 0 Å². The number of aliphatic hydroxyl groups excluding tert-OH is 3. The second-order valence-electron chi connectivity index (χ2n) is 2.96. The summed E-state index contributed by atoms with van der Waals surface area (Å²) in [5.41, 5.74) is 0. The first kappa shape index (κ1) is 10.4. The number of nitrogens with one attached hydrogen (secondary N) is 1. The summed E-state index contributed by atoms with van der Waals surface area (Å²) >= 11 is 0. The average molecular weight is 191 g/mol. The number of methoxy groups -OCH3 is 1. The highest BCUT2D eigenvalue weighted by Crippen LogP contribution is 2.11. The van der Waals surface area contributed by atoms with Gasteiger partial charge in [-0.15, -0.1) is 0 Å². The first-order valence-corrected chi connectivity index (χ1v) is 3.93. The standard InChI is InChI=1S/C7H13NO5/c1-13-7(12)4-6(11)5(10)3(9)2-8-4/h3-6,8-11H,2H2,1H3/t3-,4-,5+,6+/m0/s1. The third-order valence-electron chi connectivity index (χ3n) is 2.09. The van der Waals surface area contributed by atoms with Gasteiger partial charge in [0.25, 0.3) is 0 Å². The van der Waals surface area contributed by atoms with Crippen molar-refractivity contribution in [3.05, 3.63) is 0 Å². The van der Waals surface area contributed by atoms with Crippen LogP contribution in [-0.2, 0) is 9.53 Å². The molecule has 6 nitrogen and oxygen atoms in total. The third kappa shape index (κ3) is 1.97. The molecule has 0 unspecified atom stereocenters. The van der Waals surface area contributed by atoms with Crippen molar-refractivity contribution >= 4 is 5.97 Å². The first-order chi connectivity index (χ1) is 6.07. The van der Waals surface area contributed by atoms with Crippen LogP contribution < -0.4 is 5.32 Å². The SMILES string of the molecule is COC(=O)[C@H]1NC[C@H](O)[C@@H](O)[C@@H]1O. The molecular weight excluding hydrogens is 178 g/mol. The molecule has 1 aliphatic heterocycles. The van der Waals surface area contributed by atoms with Crippen LogP contribution in [-0.4, -0.2) is 59.3 Å². The Hall–Kier alpha value is -0.690. The van der Waals surface area contributed by atoms with Gasteiger partial charge in [0.1, 0.15) is 18.2 Å². The Morgan fingerprint density at radius 2 is 2.00 bits per heavy atom. The van der Waals surface area contributed by atoms with Gasteiger partial charge in [-0.2, -0.15) is 0 Å². The van der Waals surface area contributed by atoms with E-state index in [4.69, 9.17) is 5.11 Å². The van der Waals surface area contributed by atoms with E-state index in [1.54, 1.807) is 0 Å². The number of ether oxygens (including phenoxy) is 1. The average Bonchev–Trinajstić information content (AvgIpc) is 2.13. The van der Waals surface area contributed by atoms with Crippen molar-refractivity contribution in [3.8, 4) is 0 Å². The Balaban J connectivity index is 2.63. The number of rotatable bonds is 1. The van der Waals surface area contributed by atoms with Crippen LogP contribution in [0, 0.1) is 0 Å². The summed E-state index contributed by atoms with van der Waals surface area (Å²) in [5, 5.41) is 30.2. The second kappa shape index (κ2) is 4.01. The topological polar surface area (TPSA) is 99.0 Å². The maximum absolute atomic E-state index is 11.0. The molecule has 13 heavy (non-hydrogen) atoms. The van der Waals surface area contributed by atoms with Gasteiger partial charge in [0.05, 0.1) is 13.2 Å². The second-order valence-corrected chi connectivity index (χ2v) is 2.96. The molecule has 76 valence electrons. The normalized spacial score (nSPS) is 40.0. The summed E-state index contributed by atoms with van der Waals surface area (Å²) in [4.78, 5) is 11.0. The molecule has 1 rings (SSSR count). The summed E-state index contributed by atoms with van der Waals surface area (Å²) in [6, 6.07) is -0.969. The van der Waals surface area contributed by atoms with E-state index in [-0.39, 0.29) is 6.54 Å². The molecule has 0 aromatic heterocycles. The maximum atomic E-state index is 11.0. The van der Waals surface area contributed by atoms with Crippen molar-refractivity contribution in [2.75, 3.05) is 13.7 Å². The van der Waals surface area contributed by atoms with E-state index in [9.17, 15) is 15.0 Å². The summed E-state index contributed by atoms with van der Waals surface area (Å²) in [6.07, 6.45) is -3.71. The van der Waals surface area contributed by atoms with Gasteiger partial charge in [-0.25, -0.2) is 0 Å². The van der Waals surface area contributed by atoms with Crippen LogP contribution in [0.3, 0.4) is 0 Å². The number of aliphatic hydroxyl groups is 3. The highest BCUT2D eigenvalue weighted by molar-refractivity contribution is 5.76. The molecule has 0 amide bonds. The lowest BCUT2D eigenvalue weighted by atomic mass is 9.96. The molecule has 0 radical (unpaired) electrons. The van der Waals surface area contributed by atoms with Gasteiger partial charge in [0, 0.05) is 6.54 Å². The fourth-order valence-electron chi connectivity index (χ4n) is 1.26. The Morgan fingerprint density at radius 1 is 1.38 bits per heavy atom. The van der Waals surface area contributed by atoms with E-state index in [1.165, 1.54) is 7.11 Å². The van der Waals surface area contributed by atoms with Crippen LogP contribution >= 0.6 is 0 Å². The van der Waals surface area contributed by atoms with Crippen molar-refractivity contribution in [2.45, 2.75) is 24.4 Å². The summed E-state index contributed by atoms with van der Waals surface area (Å²) in [6.45, 7) is 0.0536. The van der Waals surface area contributed by atoms with Gasteiger partial charge in [-0.1, -0.05) is 0 Å². The molecule has 1 aliphatic rings. The molecule has 6 heteroatoms. The highest BCUT2D eigenvalue weighted by atomic mass is 16.5. The van der Waals surface area contributed by atoms with Crippen molar-refractivity contribution < 1.29 is 24.9 Å². The minimum atomic E-state index is -1.34. The van der Waals surface area contributed by atoms with E-state index in [0.29, 0.717) is 0 Å². The number of carbonyl (C=O) groups excluding carboxylic acids is 1. The number of β-amino-alcohol motifs (C(OH)–C–C–N with tert-alkyl or cyclic N) is 1. The van der Waals surface area contributed by atoms with Gasteiger partial charge in [-0.05, 0) is 0 Å². The van der Waals surface area contributed by atoms with Gasteiger partial charge in [-0.3, -0.25) is 10.1 Å². The van der Waals surface area contributed by atoms with Crippen LogP contribution in [0.4, 0.5) is 0 Å². The van der Waals surface area contributed by atoms with Crippen molar-refractivity contribution in [1.82, 2.24) is 5.32 Å². The summed E-state index contributed by atoms with van der Waals surface area (Å²) < 4.78 is 4.39. The molecule has 1 fully saturated rings. The molecule has 0 spiro atoms. The molecule has 0 aromatic carbocycles. The highest BCUT2D eigenvalue weighted by Gasteiger charge is 2.40. The minimum absolute atomic E-state index is 0.0536. The Labute approximate surface area is 75.1 Å². The lowest BCUT2D eigenvalue weighted by molar-refractivity contribution is -0.156. The lowest BCUT2D eigenvalue weighted by Gasteiger charge is -2.34. The Morgan fingerprint density at radius 3 is 2.54 bits per heavy atom. The van der Waals surface area contributed by atoms with Crippen molar-refractivity contribution in [2.24, 2.45) is 0 Å². The Kier molecular flexibility index (Phi) is 3.21. The molecule has 0 aliphatic carbocycles. The number of hydrogen-bond donors (Lipinski definition) is 4. The van der Waals surface area contributed by atoms with Crippen LogP contribution in [0.25, 0.3) is 0 Å². The van der Waals surface area contributed by atoms with Gasteiger partial charge < -0.3 is 20.1 Å². The zero-order chi connectivity index (χ0) is 10.0. The van der Waals surface area contributed by atoms with Gasteiger partial charge in [0.2, 0.25) is 0 Å². The van der Waals surface area contributed by atoms with Crippen molar-refractivity contribution in [3.63, 3.8) is 0 Å². The van der Waals surface area contributed by atoms with Gasteiger partial charge >= 0.3 is 5.97 Å². The number of piperidine rings is 1. The predicted molar refractivity (Wildman–Crippen MR) is 41.8 cm³/mol. The number of esters is 1. The van der Waals surface area contributed by atoms with Crippen LogP contribution in [0.5, 0.6) is 0 Å². The molecule has 4 N–H and O–H groups in total. The monoisotopic (exact) mass is 191 g/mol. The molecule has 0 aromatic rings. The Bertz CT molecular complexity index is 197. The first-order valence-electron chi connectivity index (χ1n) is 3.93. The fraction of sp³-hybridized carbons (Fsp3) is 0.857. The van der Waals surface area contributed by atoms with E-state index in [1.807, 2.05) is 0 Å². The predicted octanol–water partition coefficient (Wildman–Crippen LogP) is -2.79. The van der Waals surface area contributed by atoms with E-state index in [0.717, 1.165) is 0 Å². The molecule has 4 atom stereocenters. The molecule has 0 bridgehead atoms. The van der Waals surface area contributed by atoms with Crippen LogP contribution in [0.1, 0.15) is 0 Å². The largest absolute Gasteiger partial charge is 0.468 e. The summed E-state index contributed by atoms with van der Waals surface area (Å²) in [5.74, 6) is -0.654. The van der Waals surface area contributed by atoms with E-state index < -0.39 is 30.3 Å². The number of carbonyl (C=O) groups is 1.